The number of nitrogens with one attached hydrogen (secondary N) is 3. The van der Waals surface area contributed by atoms with Crippen molar-refractivity contribution in [1.29, 1.82) is 0 Å². The monoisotopic (exact) mass is 521 g/mol. The maximum absolute atomic E-state index is 13.2. The third-order valence-corrected chi connectivity index (χ3v) is 7.87. The van der Waals surface area contributed by atoms with Gasteiger partial charge >= 0.3 is 0 Å². The molecular weight excluding hydrogens is 486 g/mol. The number of hydrogen-bond acceptors (Lipinski definition) is 8. The number of carbonyl (C=O) groups is 1. The number of amides is 1. The molecule has 37 heavy (non-hydrogen) atoms. The molecule has 0 bridgehead atoms. The first-order chi connectivity index (χ1) is 17.9. The van der Waals surface area contributed by atoms with Crippen molar-refractivity contribution in [2.45, 2.75) is 49.7 Å². The summed E-state index contributed by atoms with van der Waals surface area (Å²) in [6, 6.07) is 22.5. The van der Waals surface area contributed by atoms with Crippen LogP contribution in [0, 0.1) is 0 Å². The van der Waals surface area contributed by atoms with Crippen LogP contribution in [0.3, 0.4) is 0 Å². The Hall–Kier alpha value is -2.79. The van der Waals surface area contributed by atoms with E-state index in [-0.39, 0.29) is 23.2 Å². The molecule has 1 amide bonds. The van der Waals surface area contributed by atoms with Crippen molar-refractivity contribution in [3.63, 3.8) is 0 Å². The number of hydroxylamine groups is 1. The molecule has 9 heteroatoms. The number of aliphatic hydroxyl groups is 1. The summed E-state index contributed by atoms with van der Waals surface area (Å²) in [5.74, 6) is 0.555. The first-order valence-corrected chi connectivity index (χ1v) is 13.4. The number of pyridine rings is 1. The topological polar surface area (TPSA) is 110 Å². The summed E-state index contributed by atoms with van der Waals surface area (Å²) in [4.78, 5) is 17.6. The van der Waals surface area contributed by atoms with E-state index in [0.717, 1.165) is 22.4 Å². The van der Waals surface area contributed by atoms with Gasteiger partial charge in [0.25, 0.3) is 5.91 Å². The zero-order valence-electron chi connectivity index (χ0n) is 21.2. The lowest BCUT2D eigenvalue weighted by Gasteiger charge is -2.32. The lowest BCUT2D eigenvalue weighted by Crippen LogP contribution is -2.57. The van der Waals surface area contributed by atoms with Crippen molar-refractivity contribution < 1.29 is 15.1 Å². The number of aromatic nitrogens is 1. The lowest BCUT2D eigenvalue weighted by molar-refractivity contribution is -0.129. The van der Waals surface area contributed by atoms with Crippen molar-refractivity contribution in [1.82, 2.24) is 26.2 Å². The third kappa shape index (κ3) is 7.38. The van der Waals surface area contributed by atoms with Crippen LogP contribution in [-0.4, -0.2) is 61.6 Å². The van der Waals surface area contributed by atoms with Crippen molar-refractivity contribution >= 4 is 17.7 Å². The molecule has 0 saturated carbocycles. The highest BCUT2D eigenvalue weighted by atomic mass is 32.2. The Labute approximate surface area is 222 Å². The molecule has 1 saturated heterocycles. The Morgan fingerprint density at radius 1 is 1.11 bits per heavy atom. The highest BCUT2D eigenvalue weighted by Crippen LogP contribution is 2.33. The number of thioether (sulfide) groups is 1. The van der Waals surface area contributed by atoms with Gasteiger partial charge in [-0.1, -0.05) is 60.7 Å². The second-order valence-electron chi connectivity index (χ2n) is 9.79. The number of hydrazine groups is 1. The predicted molar refractivity (Wildman–Crippen MR) is 147 cm³/mol. The summed E-state index contributed by atoms with van der Waals surface area (Å²) in [6.07, 6.45) is 1.25. The average molecular weight is 522 g/mol. The quantitative estimate of drug-likeness (QED) is 0.245. The maximum atomic E-state index is 13.2. The number of benzene rings is 2. The molecule has 3 unspecified atom stereocenters. The number of rotatable bonds is 11. The van der Waals surface area contributed by atoms with Gasteiger partial charge in [0, 0.05) is 35.5 Å². The van der Waals surface area contributed by atoms with Crippen molar-refractivity contribution in [3.8, 4) is 11.3 Å². The Bertz CT molecular complexity index is 1130. The van der Waals surface area contributed by atoms with Gasteiger partial charge in [-0.05, 0) is 43.5 Å². The average Bonchev–Trinajstić information content (AvgIpc) is 3.27. The minimum absolute atomic E-state index is 0.124. The molecule has 1 aliphatic rings. The van der Waals surface area contributed by atoms with Gasteiger partial charge in [-0.25, -0.2) is 5.01 Å². The molecule has 1 aliphatic heterocycles. The second kappa shape index (κ2) is 12.6. The van der Waals surface area contributed by atoms with Crippen LogP contribution < -0.4 is 16.2 Å². The third-order valence-electron chi connectivity index (χ3n) is 6.58. The minimum Gasteiger partial charge on any atom is -0.390 e. The van der Waals surface area contributed by atoms with Crippen LogP contribution in [0.1, 0.15) is 25.0 Å². The van der Waals surface area contributed by atoms with E-state index in [0.29, 0.717) is 18.8 Å². The summed E-state index contributed by atoms with van der Waals surface area (Å²) in [5, 5.41) is 25.8. The minimum atomic E-state index is -0.947. The number of hydrogen-bond donors (Lipinski definition) is 5. The Morgan fingerprint density at radius 3 is 2.46 bits per heavy atom. The van der Waals surface area contributed by atoms with Gasteiger partial charge in [0.05, 0.1) is 17.8 Å². The van der Waals surface area contributed by atoms with Crippen molar-refractivity contribution in [2.24, 2.45) is 0 Å². The van der Waals surface area contributed by atoms with Crippen molar-refractivity contribution in [3.05, 3.63) is 90.1 Å². The largest absolute Gasteiger partial charge is 0.390 e. The van der Waals surface area contributed by atoms with Crippen LogP contribution >= 0.6 is 11.8 Å². The van der Waals surface area contributed by atoms with E-state index in [4.69, 9.17) is 0 Å². The second-order valence-corrected chi connectivity index (χ2v) is 11.4. The zero-order valence-corrected chi connectivity index (χ0v) is 22.0. The molecule has 4 rings (SSSR count). The molecule has 2 heterocycles. The first-order valence-electron chi connectivity index (χ1n) is 12.4. The predicted octanol–water partition coefficient (Wildman–Crippen LogP) is 2.97. The lowest BCUT2D eigenvalue weighted by atomic mass is 10.0. The van der Waals surface area contributed by atoms with Gasteiger partial charge in [-0.3, -0.25) is 20.5 Å². The molecule has 3 atom stereocenters. The number of aliphatic hydroxyl groups excluding tert-OH is 1. The van der Waals surface area contributed by atoms with Crippen LogP contribution in [0.5, 0.6) is 0 Å². The van der Waals surface area contributed by atoms with Gasteiger partial charge in [-0.2, -0.15) is 5.48 Å². The zero-order chi connectivity index (χ0) is 26.3. The standard InChI is InChI=1S/C28H35N5O3S/c1-28(2)26(30-19-37-28)27(35)31-33(18-25(34)24(32-36)16-20-8-4-3-5-9-20)17-21-11-13-22(14-12-21)23-10-6-7-15-29-23/h3-15,24-26,30,32,34,36H,16-19H2,1-2H3,(H,31,35). The van der Waals surface area contributed by atoms with Crippen LogP contribution in [0.15, 0.2) is 79.0 Å². The van der Waals surface area contributed by atoms with E-state index in [1.165, 1.54) is 0 Å². The van der Waals surface area contributed by atoms with E-state index in [1.54, 1.807) is 23.0 Å². The highest BCUT2D eigenvalue weighted by molar-refractivity contribution is 8.00. The van der Waals surface area contributed by atoms with E-state index >= 15 is 0 Å². The fourth-order valence-electron chi connectivity index (χ4n) is 4.44. The molecule has 0 aliphatic carbocycles. The highest BCUT2D eigenvalue weighted by Gasteiger charge is 2.40. The molecule has 196 valence electrons. The molecule has 5 N–H and O–H groups in total. The molecule has 0 radical (unpaired) electrons. The van der Waals surface area contributed by atoms with Gasteiger partial charge in [0.1, 0.15) is 6.04 Å². The van der Waals surface area contributed by atoms with Gasteiger partial charge in [0.2, 0.25) is 0 Å². The molecule has 3 aromatic rings. The maximum Gasteiger partial charge on any atom is 0.252 e. The summed E-state index contributed by atoms with van der Waals surface area (Å²) in [5.41, 5.74) is 9.12. The van der Waals surface area contributed by atoms with Gasteiger partial charge in [-0.15, -0.1) is 11.8 Å². The van der Waals surface area contributed by atoms with Crippen LogP contribution in [-0.2, 0) is 17.8 Å². The Kier molecular flexibility index (Phi) is 9.31. The normalized spacial score (nSPS) is 18.5. The summed E-state index contributed by atoms with van der Waals surface area (Å²) >= 11 is 1.70. The van der Waals surface area contributed by atoms with Crippen LogP contribution in [0.4, 0.5) is 0 Å². The smallest absolute Gasteiger partial charge is 0.252 e. The van der Waals surface area contributed by atoms with E-state index in [2.05, 4.69) is 21.2 Å². The molecule has 1 aromatic heterocycles. The van der Waals surface area contributed by atoms with Crippen LogP contribution in [0.2, 0.25) is 0 Å². The fraction of sp³-hybridized carbons (Fsp3) is 0.357. The number of carbonyl (C=O) groups excluding carboxylic acids is 1. The molecule has 2 aromatic carbocycles. The van der Waals surface area contributed by atoms with Crippen LogP contribution in [0.25, 0.3) is 11.3 Å². The number of nitrogens with zero attached hydrogens (tertiary/aromatic N) is 2. The van der Waals surface area contributed by atoms with E-state index in [9.17, 15) is 15.1 Å². The molecule has 0 spiro atoms. The molecular formula is C28H35N5O3S. The fourth-order valence-corrected chi connectivity index (χ4v) is 5.42. The summed E-state index contributed by atoms with van der Waals surface area (Å²) < 4.78 is -0.249. The Morgan fingerprint density at radius 2 is 1.84 bits per heavy atom. The van der Waals surface area contributed by atoms with E-state index in [1.807, 2.05) is 86.6 Å². The summed E-state index contributed by atoms with van der Waals surface area (Å²) in [7, 11) is 0. The van der Waals surface area contributed by atoms with Gasteiger partial charge < -0.3 is 10.3 Å². The van der Waals surface area contributed by atoms with E-state index < -0.39 is 12.1 Å². The Balaban J connectivity index is 1.48. The first kappa shape index (κ1) is 27.3. The molecule has 1 fully saturated rings. The molecule has 8 nitrogen and oxygen atoms in total. The summed E-state index contributed by atoms with van der Waals surface area (Å²) in [6.45, 7) is 4.60. The van der Waals surface area contributed by atoms with Crippen molar-refractivity contribution in [2.75, 3.05) is 12.4 Å². The van der Waals surface area contributed by atoms with Gasteiger partial charge in [0.15, 0.2) is 0 Å². The SMILES string of the molecule is CC1(C)SCNC1C(=O)NN(Cc1ccc(-c2ccccn2)cc1)CC(O)C(Cc1ccccc1)NO.